The summed E-state index contributed by atoms with van der Waals surface area (Å²) in [6, 6.07) is 6.63. The van der Waals surface area contributed by atoms with Crippen LogP contribution in [0.1, 0.15) is 36.5 Å². The molecule has 0 saturated heterocycles. The maximum Gasteiger partial charge on any atom is 0.287 e. The van der Waals surface area contributed by atoms with Gasteiger partial charge in [-0.1, -0.05) is 13.8 Å². The van der Waals surface area contributed by atoms with Crippen molar-refractivity contribution in [2.45, 2.75) is 26.2 Å². The summed E-state index contributed by atoms with van der Waals surface area (Å²) in [6.07, 6.45) is 0.111. The lowest BCUT2D eigenvalue weighted by atomic mass is 9.93. The van der Waals surface area contributed by atoms with Crippen molar-refractivity contribution in [3.05, 3.63) is 38.9 Å². The Balaban J connectivity index is 3.50. The molecule has 0 aliphatic carbocycles. The molecule has 0 aromatic heterocycles. The van der Waals surface area contributed by atoms with Crippen LogP contribution in [0.25, 0.3) is 0 Å². The van der Waals surface area contributed by atoms with Crippen LogP contribution in [-0.4, -0.2) is 4.92 Å². The number of nitro benzene ring substituents is 1. The van der Waals surface area contributed by atoms with Crippen molar-refractivity contribution >= 4 is 5.69 Å². The van der Waals surface area contributed by atoms with Crippen molar-refractivity contribution in [1.82, 2.24) is 0 Å². The Morgan fingerprint density at radius 3 is 2.47 bits per heavy atom. The lowest BCUT2D eigenvalue weighted by Gasteiger charge is -2.11. The first kappa shape index (κ1) is 12.7. The van der Waals surface area contributed by atoms with Crippen LogP contribution in [-0.2, 0) is 6.42 Å². The van der Waals surface area contributed by atoms with Crippen LogP contribution >= 0.6 is 0 Å². The lowest BCUT2D eigenvalue weighted by molar-refractivity contribution is -0.385. The van der Waals surface area contributed by atoms with Gasteiger partial charge >= 0.3 is 0 Å². The third kappa shape index (κ3) is 2.59. The van der Waals surface area contributed by atoms with Gasteiger partial charge in [0.25, 0.3) is 5.69 Å². The van der Waals surface area contributed by atoms with E-state index in [1.165, 1.54) is 12.1 Å². The summed E-state index contributed by atoms with van der Waals surface area (Å²) in [7, 11) is 0. The van der Waals surface area contributed by atoms with Gasteiger partial charge in [0.05, 0.1) is 17.4 Å². The molecule has 0 saturated carbocycles. The Kier molecular flexibility index (Phi) is 3.79. The number of hydrogen-bond acceptors (Lipinski definition) is 4. The average molecular weight is 229 g/mol. The van der Waals surface area contributed by atoms with E-state index in [1.54, 1.807) is 0 Å². The minimum Gasteiger partial charge on any atom is -0.258 e. The summed E-state index contributed by atoms with van der Waals surface area (Å²) in [4.78, 5) is 10.2. The van der Waals surface area contributed by atoms with Gasteiger partial charge in [-0.3, -0.25) is 10.1 Å². The SMILES string of the molecule is CC(C)c1cc(C#N)c([N+](=O)[O-])cc1CC#N. The van der Waals surface area contributed by atoms with Crippen molar-refractivity contribution in [3.63, 3.8) is 0 Å². The number of benzene rings is 1. The number of hydrogen-bond donors (Lipinski definition) is 0. The van der Waals surface area contributed by atoms with Crippen LogP contribution in [0.5, 0.6) is 0 Å². The molecule has 0 N–H and O–H groups in total. The van der Waals surface area contributed by atoms with Crippen molar-refractivity contribution < 1.29 is 4.92 Å². The van der Waals surface area contributed by atoms with E-state index in [-0.39, 0.29) is 23.6 Å². The van der Waals surface area contributed by atoms with E-state index in [0.717, 1.165) is 5.56 Å². The van der Waals surface area contributed by atoms with Gasteiger partial charge in [-0.05, 0) is 23.1 Å². The second-order valence-electron chi connectivity index (χ2n) is 3.93. The Labute approximate surface area is 99.1 Å². The molecule has 17 heavy (non-hydrogen) atoms. The van der Waals surface area contributed by atoms with Crippen LogP contribution in [0.3, 0.4) is 0 Å². The van der Waals surface area contributed by atoms with E-state index < -0.39 is 4.92 Å². The largest absolute Gasteiger partial charge is 0.287 e. The highest BCUT2D eigenvalue weighted by molar-refractivity contribution is 5.54. The van der Waals surface area contributed by atoms with E-state index in [1.807, 2.05) is 26.0 Å². The first-order valence-electron chi connectivity index (χ1n) is 5.09. The highest BCUT2D eigenvalue weighted by atomic mass is 16.6. The third-order valence-corrected chi connectivity index (χ3v) is 2.47. The highest BCUT2D eigenvalue weighted by Crippen LogP contribution is 2.28. The van der Waals surface area contributed by atoms with Crippen molar-refractivity contribution in [2.24, 2.45) is 0 Å². The molecule has 1 rings (SSSR count). The Hall–Kier alpha value is -2.40. The van der Waals surface area contributed by atoms with Crippen LogP contribution < -0.4 is 0 Å². The number of rotatable bonds is 3. The van der Waals surface area contributed by atoms with Gasteiger partial charge in [-0.15, -0.1) is 0 Å². The first-order chi connectivity index (χ1) is 8.01. The second kappa shape index (κ2) is 5.09. The van der Waals surface area contributed by atoms with Gasteiger partial charge < -0.3 is 0 Å². The molecule has 0 atom stereocenters. The summed E-state index contributed by atoms with van der Waals surface area (Å²) in [5, 5.41) is 28.4. The number of nitro groups is 1. The van der Waals surface area contributed by atoms with E-state index in [2.05, 4.69) is 0 Å². The quantitative estimate of drug-likeness (QED) is 0.588. The fourth-order valence-corrected chi connectivity index (χ4v) is 1.66. The topological polar surface area (TPSA) is 90.7 Å². The maximum absolute atomic E-state index is 10.8. The molecular formula is C12H11N3O2. The molecule has 1 aromatic rings. The normalized spacial score (nSPS) is 9.71. The summed E-state index contributed by atoms with van der Waals surface area (Å²) >= 11 is 0. The first-order valence-corrected chi connectivity index (χ1v) is 5.09. The summed E-state index contributed by atoms with van der Waals surface area (Å²) in [5.41, 5.74) is 1.24. The van der Waals surface area contributed by atoms with Crippen LogP contribution in [0.4, 0.5) is 5.69 Å². The smallest absolute Gasteiger partial charge is 0.258 e. The fraction of sp³-hybridized carbons (Fsp3) is 0.333. The monoisotopic (exact) mass is 229 g/mol. The molecule has 1 aromatic carbocycles. The lowest BCUT2D eigenvalue weighted by Crippen LogP contribution is -2.01. The zero-order chi connectivity index (χ0) is 13.0. The molecule has 5 nitrogen and oxygen atoms in total. The highest BCUT2D eigenvalue weighted by Gasteiger charge is 2.19. The van der Waals surface area contributed by atoms with E-state index in [4.69, 9.17) is 10.5 Å². The van der Waals surface area contributed by atoms with Gasteiger partial charge in [-0.25, -0.2) is 0 Å². The zero-order valence-corrected chi connectivity index (χ0v) is 9.60. The van der Waals surface area contributed by atoms with Gasteiger partial charge in [-0.2, -0.15) is 10.5 Å². The van der Waals surface area contributed by atoms with Crippen molar-refractivity contribution in [3.8, 4) is 12.1 Å². The predicted octanol–water partition coefficient (Wildman–Crippen LogP) is 2.66. The van der Waals surface area contributed by atoms with Crippen molar-refractivity contribution in [1.29, 1.82) is 10.5 Å². The summed E-state index contributed by atoms with van der Waals surface area (Å²) in [5.74, 6) is 0.117. The fourth-order valence-electron chi connectivity index (χ4n) is 1.66. The van der Waals surface area contributed by atoms with Gasteiger partial charge in [0.1, 0.15) is 11.6 Å². The van der Waals surface area contributed by atoms with Gasteiger partial charge in [0.15, 0.2) is 0 Å². The van der Waals surface area contributed by atoms with Crippen LogP contribution in [0, 0.1) is 32.8 Å². The van der Waals surface area contributed by atoms with E-state index >= 15 is 0 Å². The molecule has 0 unspecified atom stereocenters. The standard InChI is InChI=1S/C12H11N3O2/c1-8(2)11-5-10(7-14)12(15(16)17)6-9(11)3-4-13/h5-6,8H,3H2,1-2H3. The molecule has 86 valence electrons. The number of nitrogens with zero attached hydrogens (tertiary/aromatic N) is 3. The second-order valence-corrected chi connectivity index (χ2v) is 3.93. The van der Waals surface area contributed by atoms with Crippen molar-refractivity contribution in [2.75, 3.05) is 0 Å². The Morgan fingerprint density at radius 1 is 1.41 bits per heavy atom. The molecule has 0 heterocycles. The van der Waals surface area contributed by atoms with Gasteiger partial charge in [0.2, 0.25) is 0 Å². The molecule has 0 amide bonds. The third-order valence-electron chi connectivity index (χ3n) is 2.47. The molecule has 0 fully saturated rings. The minimum absolute atomic E-state index is 0.0420. The van der Waals surface area contributed by atoms with Crippen LogP contribution in [0.15, 0.2) is 12.1 Å². The average Bonchev–Trinajstić information content (AvgIpc) is 2.28. The summed E-state index contributed by atoms with van der Waals surface area (Å²) in [6.45, 7) is 3.84. The maximum atomic E-state index is 10.8. The number of nitriles is 2. The summed E-state index contributed by atoms with van der Waals surface area (Å²) < 4.78 is 0. The van der Waals surface area contributed by atoms with Crippen LogP contribution in [0.2, 0.25) is 0 Å². The minimum atomic E-state index is -0.594. The molecule has 0 bridgehead atoms. The van der Waals surface area contributed by atoms with E-state index in [0.29, 0.717) is 5.56 Å². The Morgan fingerprint density at radius 2 is 2.06 bits per heavy atom. The Bertz CT molecular complexity index is 536. The predicted molar refractivity (Wildman–Crippen MR) is 61.2 cm³/mol. The molecule has 0 radical (unpaired) electrons. The molecule has 0 aliphatic heterocycles. The molecule has 5 heteroatoms. The molecule has 0 aliphatic rings. The zero-order valence-electron chi connectivity index (χ0n) is 9.60. The molecule has 0 spiro atoms. The van der Waals surface area contributed by atoms with Gasteiger partial charge in [0, 0.05) is 6.07 Å². The molecular weight excluding hydrogens is 218 g/mol. The van der Waals surface area contributed by atoms with E-state index in [9.17, 15) is 10.1 Å².